The van der Waals surface area contributed by atoms with Gasteiger partial charge in [-0.25, -0.2) is 0 Å². The number of aromatic nitrogens is 1. The summed E-state index contributed by atoms with van der Waals surface area (Å²) in [6.45, 7) is 0. The average Bonchev–Trinajstić information content (AvgIpc) is 3.54. The maximum absolute atomic E-state index is 2.48. The third kappa shape index (κ3) is 3.25. The molecule has 2 heterocycles. The second-order valence-corrected chi connectivity index (χ2v) is 12.0. The number of hydrogen-bond acceptors (Lipinski definition) is 0. The fraction of sp³-hybridized carbons (Fsp3) is 0. The van der Waals surface area contributed by atoms with E-state index < -0.39 is 0 Å². The van der Waals surface area contributed by atoms with E-state index in [1.54, 1.807) is 0 Å². The van der Waals surface area contributed by atoms with Gasteiger partial charge in [0.15, 0.2) is 0 Å². The molecule has 2 heteroatoms. The van der Waals surface area contributed by atoms with Gasteiger partial charge in [0.2, 0.25) is 0 Å². The molecule has 8 rings (SSSR count). The van der Waals surface area contributed by atoms with Crippen molar-refractivity contribution in [3.63, 3.8) is 0 Å². The number of hydrogen-bond donors (Lipinski definition) is 0. The molecule has 6 aromatic carbocycles. The van der Waals surface area contributed by atoms with Gasteiger partial charge in [0.05, 0.1) is 0 Å². The molecule has 8 aromatic rings. The van der Waals surface area contributed by atoms with Crippen LogP contribution >= 0.6 is 0 Å². The van der Waals surface area contributed by atoms with Crippen LogP contribution in [-0.4, -0.2) is 19.1 Å². The molecule has 2 aromatic heterocycles. The van der Waals surface area contributed by atoms with Gasteiger partial charge in [-0.1, -0.05) is 0 Å². The third-order valence-corrected chi connectivity index (χ3v) is 10.1. The molecule has 0 bridgehead atoms. The summed E-state index contributed by atoms with van der Waals surface area (Å²) in [6.07, 6.45) is 0. The van der Waals surface area contributed by atoms with Crippen molar-refractivity contribution in [2.75, 3.05) is 0 Å². The monoisotopic (exact) mass is 549 g/mol. The van der Waals surface area contributed by atoms with Crippen molar-refractivity contribution < 1.29 is 0 Å². The first-order valence-corrected chi connectivity index (χ1v) is 14.7. The SMILES string of the molecule is c1ccc(-c2cccc(-c3cc4c5ccccc5n(-c5ccccc5)c4c4c3[se]c3ccccc34)c2)cc1. The van der Waals surface area contributed by atoms with Crippen LogP contribution in [0.5, 0.6) is 0 Å². The summed E-state index contributed by atoms with van der Waals surface area (Å²) >= 11 is 0.232. The zero-order chi connectivity index (χ0) is 25.1. The normalized spacial score (nSPS) is 11.7. The predicted molar refractivity (Wildman–Crippen MR) is 164 cm³/mol. The van der Waals surface area contributed by atoms with Gasteiger partial charge in [0.1, 0.15) is 0 Å². The van der Waals surface area contributed by atoms with Crippen molar-refractivity contribution in [3.05, 3.63) is 140 Å². The summed E-state index contributed by atoms with van der Waals surface area (Å²) in [5, 5.41) is 5.40. The number of fused-ring (bicyclic) bond motifs is 7. The van der Waals surface area contributed by atoms with E-state index in [-0.39, 0.29) is 14.5 Å². The van der Waals surface area contributed by atoms with E-state index in [0.29, 0.717) is 0 Å². The zero-order valence-electron chi connectivity index (χ0n) is 20.6. The van der Waals surface area contributed by atoms with Crippen LogP contribution in [0, 0.1) is 0 Å². The second-order valence-electron chi connectivity index (χ2n) is 9.76. The molecule has 0 amide bonds. The molecule has 0 saturated heterocycles. The van der Waals surface area contributed by atoms with Crippen molar-refractivity contribution in [2.45, 2.75) is 0 Å². The Bertz CT molecular complexity index is 2110. The zero-order valence-corrected chi connectivity index (χ0v) is 22.3. The Kier molecular flexibility index (Phi) is 4.91. The predicted octanol–water partition coefficient (Wildman–Crippen LogP) is 9.48. The molecule has 0 saturated carbocycles. The van der Waals surface area contributed by atoms with Gasteiger partial charge in [-0.05, 0) is 0 Å². The van der Waals surface area contributed by atoms with Crippen molar-refractivity contribution in [2.24, 2.45) is 0 Å². The fourth-order valence-corrected chi connectivity index (χ4v) is 8.50. The quantitative estimate of drug-likeness (QED) is 0.194. The maximum atomic E-state index is 2.48. The summed E-state index contributed by atoms with van der Waals surface area (Å²) in [5.41, 5.74) is 8.93. The van der Waals surface area contributed by atoms with Crippen LogP contribution in [0.2, 0.25) is 0 Å². The van der Waals surface area contributed by atoms with Crippen molar-refractivity contribution in [1.29, 1.82) is 0 Å². The van der Waals surface area contributed by atoms with Crippen molar-refractivity contribution in [1.82, 2.24) is 4.57 Å². The van der Waals surface area contributed by atoms with Gasteiger partial charge in [-0.15, -0.1) is 0 Å². The summed E-state index contributed by atoms with van der Waals surface area (Å²) in [4.78, 5) is 0. The van der Waals surface area contributed by atoms with E-state index in [2.05, 4.69) is 144 Å². The molecular formula is C36H23NSe. The van der Waals surface area contributed by atoms with Gasteiger partial charge in [-0.2, -0.15) is 0 Å². The van der Waals surface area contributed by atoms with Gasteiger partial charge in [0.25, 0.3) is 0 Å². The Balaban J connectivity index is 1.55. The molecular weight excluding hydrogens is 525 g/mol. The summed E-state index contributed by atoms with van der Waals surface area (Å²) in [5.74, 6) is 0. The molecule has 38 heavy (non-hydrogen) atoms. The van der Waals surface area contributed by atoms with Crippen LogP contribution in [0.15, 0.2) is 140 Å². The van der Waals surface area contributed by atoms with E-state index in [9.17, 15) is 0 Å². The molecule has 0 aliphatic rings. The second kappa shape index (κ2) is 8.60. The topological polar surface area (TPSA) is 4.93 Å². The molecule has 0 unspecified atom stereocenters. The number of para-hydroxylation sites is 2. The van der Waals surface area contributed by atoms with Crippen LogP contribution in [-0.2, 0) is 0 Å². The summed E-state index contributed by atoms with van der Waals surface area (Å²) in [6, 6.07) is 50.9. The number of rotatable bonds is 3. The molecule has 0 aliphatic carbocycles. The van der Waals surface area contributed by atoms with E-state index in [1.807, 2.05) is 0 Å². The van der Waals surface area contributed by atoms with Crippen LogP contribution in [0.4, 0.5) is 0 Å². The van der Waals surface area contributed by atoms with Crippen LogP contribution in [0.25, 0.3) is 69.0 Å². The molecule has 0 aliphatic heterocycles. The molecule has 1 nitrogen and oxygen atoms in total. The van der Waals surface area contributed by atoms with E-state index >= 15 is 0 Å². The van der Waals surface area contributed by atoms with Gasteiger partial charge in [0, 0.05) is 0 Å². The van der Waals surface area contributed by atoms with Gasteiger partial charge >= 0.3 is 228 Å². The fourth-order valence-electron chi connectivity index (χ4n) is 5.89. The van der Waals surface area contributed by atoms with Crippen molar-refractivity contribution >= 4 is 55.6 Å². The van der Waals surface area contributed by atoms with Crippen molar-refractivity contribution in [3.8, 4) is 27.9 Å². The molecule has 0 fully saturated rings. The number of nitrogens with zero attached hydrogens (tertiary/aromatic N) is 1. The first-order valence-electron chi connectivity index (χ1n) is 13.0. The Morgan fingerprint density at radius 1 is 0.474 bits per heavy atom. The minimum absolute atomic E-state index is 0.232. The summed E-state index contributed by atoms with van der Waals surface area (Å²) in [7, 11) is 0. The van der Waals surface area contributed by atoms with Crippen LogP contribution < -0.4 is 0 Å². The Morgan fingerprint density at radius 2 is 1.13 bits per heavy atom. The van der Waals surface area contributed by atoms with E-state index in [1.165, 1.54) is 69.0 Å². The van der Waals surface area contributed by atoms with Gasteiger partial charge < -0.3 is 0 Å². The van der Waals surface area contributed by atoms with Gasteiger partial charge in [-0.3, -0.25) is 0 Å². The summed E-state index contributed by atoms with van der Waals surface area (Å²) < 4.78 is 5.43. The van der Waals surface area contributed by atoms with E-state index in [4.69, 9.17) is 0 Å². The van der Waals surface area contributed by atoms with Crippen LogP contribution in [0.1, 0.15) is 0 Å². The average molecular weight is 549 g/mol. The van der Waals surface area contributed by atoms with E-state index in [0.717, 1.165) is 0 Å². The molecule has 0 spiro atoms. The molecule has 178 valence electrons. The Morgan fingerprint density at radius 3 is 1.97 bits per heavy atom. The minimum atomic E-state index is 0.232. The van der Waals surface area contributed by atoms with Crippen LogP contribution in [0.3, 0.4) is 0 Å². The third-order valence-electron chi connectivity index (χ3n) is 7.57. The molecule has 0 N–H and O–H groups in total. The number of benzene rings is 6. The Labute approximate surface area is 227 Å². The molecule has 0 radical (unpaired) electrons. The first-order chi connectivity index (χ1) is 18.9. The molecule has 0 atom stereocenters. The first kappa shape index (κ1) is 21.7. The Hall–Kier alpha value is -4.36. The standard InChI is InChI=1S/C36H23NSe/c1-3-12-24(13-4-1)25-14-11-15-26(22-25)30-23-31-28-18-7-9-20-32(28)37(27-16-5-2-6-17-27)35(31)34-29-19-8-10-21-33(29)38-36(30)34/h1-23H.